The second kappa shape index (κ2) is 7.35. The van der Waals surface area contributed by atoms with Crippen LogP contribution in [0.15, 0.2) is 18.2 Å². The molecule has 1 atom stereocenters. The van der Waals surface area contributed by atoms with E-state index in [1.165, 1.54) is 18.2 Å². The third-order valence-corrected chi connectivity index (χ3v) is 3.89. The van der Waals surface area contributed by atoms with Crippen LogP contribution in [0.25, 0.3) is 0 Å². The molecule has 0 saturated carbocycles. The zero-order valence-corrected chi connectivity index (χ0v) is 12.6. The van der Waals surface area contributed by atoms with Crippen LogP contribution in [-0.4, -0.2) is 36.1 Å². The van der Waals surface area contributed by atoms with Crippen molar-refractivity contribution in [2.75, 3.05) is 18.1 Å². The summed E-state index contributed by atoms with van der Waals surface area (Å²) in [6.07, 6.45) is 2.33. The number of carbonyl (C=O) groups excluding carboxylic acids is 2. The van der Waals surface area contributed by atoms with Gasteiger partial charge in [0.25, 0.3) is 5.91 Å². The van der Waals surface area contributed by atoms with Crippen molar-refractivity contribution < 1.29 is 19.1 Å². The second-order valence-electron chi connectivity index (χ2n) is 5.40. The van der Waals surface area contributed by atoms with E-state index in [2.05, 4.69) is 5.32 Å². The first-order valence-electron chi connectivity index (χ1n) is 7.58. The molecule has 1 fully saturated rings. The summed E-state index contributed by atoms with van der Waals surface area (Å²) in [6.45, 7) is 2.44. The Morgan fingerprint density at radius 1 is 1.50 bits per heavy atom. The van der Waals surface area contributed by atoms with Gasteiger partial charge in [-0.1, -0.05) is 6.92 Å². The van der Waals surface area contributed by atoms with Crippen molar-refractivity contribution in [1.29, 1.82) is 0 Å². The van der Waals surface area contributed by atoms with E-state index in [0.717, 1.165) is 6.42 Å². The fourth-order valence-electron chi connectivity index (χ4n) is 2.57. The molecule has 0 aliphatic carbocycles. The van der Waals surface area contributed by atoms with Crippen LogP contribution in [0, 0.1) is 5.82 Å². The van der Waals surface area contributed by atoms with Crippen molar-refractivity contribution in [1.82, 2.24) is 5.32 Å². The lowest BCUT2D eigenvalue weighted by Gasteiger charge is -2.19. The highest BCUT2D eigenvalue weighted by atomic mass is 19.1. The number of hydrogen-bond donors (Lipinski definition) is 2. The average molecular weight is 308 g/mol. The first-order valence-corrected chi connectivity index (χ1v) is 7.58. The summed E-state index contributed by atoms with van der Waals surface area (Å²) < 4.78 is 13.9. The van der Waals surface area contributed by atoms with Gasteiger partial charge in [-0.25, -0.2) is 4.39 Å². The van der Waals surface area contributed by atoms with Crippen molar-refractivity contribution in [3.63, 3.8) is 0 Å². The van der Waals surface area contributed by atoms with Crippen molar-refractivity contribution >= 4 is 17.5 Å². The van der Waals surface area contributed by atoms with Gasteiger partial charge < -0.3 is 15.3 Å². The molecule has 1 aromatic carbocycles. The molecule has 0 aromatic heterocycles. The van der Waals surface area contributed by atoms with Crippen molar-refractivity contribution in [3.8, 4) is 0 Å². The Labute approximate surface area is 129 Å². The van der Waals surface area contributed by atoms with Crippen LogP contribution in [0.2, 0.25) is 0 Å². The number of nitrogens with one attached hydrogen (secondary N) is 1. The first kappa shape index (κ1) is 16.4. The molecule has 1 heterocycles. The molecule has 2 rings (SSSR count). The Kier molecular flexibility index (Phi) is 5.49. The molecule has 2 N–H and O–H groups in total. The van der Waals surface area contributed by atoms with Gasteiger partial charge in [-0.2, -0.15) is 0 Å². The zero-order chi connectivity index (χ0) is 16.1. The summed E-state index contributed by atoms with van der Waals surface area (Å²) in [7, 11) is 0. The highest BCUT2D eigenvalue weighted by Gasteiger charge is 2.24. The molecule has 1 aromatic rings. The van der Waals surface area contributed by atoms with E-state index >= 15 is 0 Å². The van der Waals surface area contributed by atoms with Gasteiger partial charge in [0.15, 0.2) is 0 Å². The highest BCUT2D eigenvalue weighted by Crippen LogP contribution is 2.24. The maximum Gasteiger partial charge on any atom is 0.254 e. The molecule has 1 unspecified atom stereocenters. The van der Waals surface area contributed by atoms with Crippen LogP contribution in [0.1, 0.15) is 43.0 Å². The molecule has 22 heavy (non-hydrogen) atoms. The van der Waals surface area contributed by atoms with E-state index in [4.69, 9.17) is 5.11 Å². The summed E-state index contributed by atoms with van der Waals surface area (Å²) in [5.41, 5.74) is 0.470. The van der Waals surface area contributed by atoms with Gasteiger partial charge in [0.1, 0.15) is 5.82 Å². The second-order valence-corrected chi connectivity index (χ2v) is 5.40. The summed E-state index contributed by atoms with van der Waals surface area (Å²) in [4.78, 5) is 25.5. The lowest BCUT2D eigenvalue weighted by Crippen LogP contribution is -2.35. The Balaban J connectivity index is 2.19. The number of aliphatic hydroxyl groups is 1. The summed E-state index contributed by atoms with van der Waals surface area (Å²) in [5, 5.41) is 11.7. The van der Waals surface area contributed by atoms with Gasteiger partial charge in [-0.3, -0.25) is 9.59 Å². The van der Waals surface area contributed by atoms with Crippen LogP contribution in [0.5, 0.6) is 0 Å². The maximum absolute atomic E-state index is 13.9. The minimum absolute atomic E-state index is 0.00955. The summed E-state index contributed by atoms with van der Waals surface area (Å²) in [5.74, 6) is -1.15. The predicted octanol–water partition coefficient (Wildman–Crippen LogP) is 1.84. The quantitative estimate of drug-likeness (QED) is 0.842. The Bertz CT molecular complexity index is 562. The van der Waals surface area contributed by atoms with Crippen molar-refractivity contribution in [2.45, 2.75) is 38.6 Å². The van der Waals surface area contributed by atoms with Gasteiger partial charge in [-0.05, 0) is 37.5 Å². The minimum Gasteiger partial charge on any atom is -0.396 e. The molecule has 0 radical (unpaired) electrons. The molecule has 6 heteroatoms. The van der Waals surface area contributed by atoms with Crippen molar-refractivity contribution in [3.05, 3.63) is 29.6 Å². The number of halogens is 1. The lowest BCUT2D eigenvalue weighted by molar-refractivity contribution is -0.117. The van der Waals surface area contributed by atoms with E-state index in [1.54, 1.807) is 4.90 Å². The summed E-state index contributed by atoms with van der Waals surface area (Å²) in [6, 6.07) is 3.94. The molecule has 1 aliphatic heterocycles. The Morgan fingerprint density at radius 2 is 2.27 bits per heavy atom. The number of amides is 2. The molecule has 1 aliphatic rings. The fourth-order valence-corrected chi connectivity index (χ4v) is 2.57. The molecule has 120 valence electrons. The number of nitrogens with zero attached hydrogens (tertiary/aromatic N) is 1. The number of benzene rings is 1. The third kappa shape index (κ3) is 3.62. The van der Waals surface area contributed by atoms with E-state index in [-0.39, 0.29) is 24.1 Å². The molecule has 0 bridgehead atoms. The molecule has 0 spiro atoms. The van der Waals surface area contributed by atoms with E-state index < -0.39 is 11.7 Å². The van der Waals surface area contributed by atoms with Crippen molar-refractivity contribution in [2.24, 2.45) is 0 Å². The number of carbonyl (C=O) groups is 2. The van der Waals surface area contributed by atoms with Gasteiger partial charge >= 0.3 is 0 Å². The molecular weight excluding hydrogens is 287 g/mol. The van der Waals surface area contributed by atoms with Crippen LogP contribution < -0.4 is 10.2 Å². The van der Waals surface area contributed by atoms with E-state index in [1.807, 2.05) is 6.92 Å². The lowest BCUT2D eigenvalue weighted by atomic mass is 10.1. The highest BCUT2D eigenvalue weighted by molar-refractivity contribution is 5.99. The zero-order valence-electron chi connectivity index (χ0n) is 12.6. The maximum atomic E-state index is 13.9. The largest absolute Gasteiger partial charge is 0.396 e. The normalized spacial score (nSPS) is 16.0. The monoisotopic (exact) mass is 308 g/mol. The average Bonchev–Trinajstić information content (AvgIpc) is 2.93. The van der Waals surface area contributed by atoms with Gasteiger partial charge in [0, 0.05) is 31.3 Å². The number of aliphatic hydroxyl groups excluding tert-OH is 1. The van der Waals surface area contributed by atoms with Gasteiger partial charge in [0.2, 0.25) is 5.91 Å². The number of hydrogen-bond acceptors (Lipinski definition) is 3. The third-order valence-electron chi connectivity index (χ3n) is 3.89. The van der Waals surface area contributed by atoms with Crippen LogP contribution in [0.3, 0.4) is 0 Å². The predicted molar refractivity (Wildman–Crippen MR) is 81.2 cm³/mol. The summed E-state index contributed by atoms with van der Waals surface area (Å²) >= 11 is 0. The number of anilines is 1. The minimum atomic E-state index is -0.619. The van der Waals surface area contributed by atoms with Gasteiger partial charge in [0.05, 0.1) is 5.56 Å². The fraction of sp³-hybridized carbons (Fsp3) is 0.500. The first-order chi connectivity index (χ1) is 10.6. The molecular formula is C16H21FN2O3. The van der Waals surface area contributed by atoms with Crippen LogP contribution >= 0.6 is 0 Å². The van der Waals surface area contributed by atoms with E-state index in [0.29, 0.717) is 31.5 Å². The molecule has 1 saturated heterocycles. The topological polar surface area (TPSA) is 69.6 Å². The molecule has 5 nitrogen and oxygen atoms in total. The van der Waals surface area contributed by atoms with E-state index in [9.17, 15) is 14.0 Å². The van der Waals surface area contributed by atoms with Crippen LogP contribution in [-0.2, 0) is 4.79 Å². The Morgan fingerprint density at radius 3 is 2.86 bits per heavy atom. The van der Waals surface area contributed by atoms with Gasteiger partial charge in [-0.15, -0.1) is 0 Å². The number of rotatable bonds is 6. The van der Waals surface area contributed by atoms with Crippen LogP contribution in [0.4, 0.5) is 10.1 Å². The molecule has 2 amide bonds. The smallest absolute Gasteiger partial charge is 0.254 e. The Hall–Kier alpha value is -1.95. The SMILES string of the molecule is CCC(CCO)NC(=O)c1cc(N2CCCC2=O)ccc1F. The standard InChI is InChI=1S/C16H21FN2O3/c1-2-11(7-9-20)18-16(22)13-10-12(5-6-14(13)17)19-8-3-4-15(19)21/h5-6,10-11,20H,2-4,7-9H2,1H3,(H,18,22).